The monoisotopic (exact) mass is 407 g/mol. The first-order valence-electron chi connectivity index (χ1n) is 9.57. The molecule has 1 saturated carbocycles. The number of benzene rings is 1. The van der Waals surface area contributed by atoms with Crippen molar-refractivity contribution in [3.63, 3.8) is 0 Å². The molecule has 28 heavy (non-hydrogen) atoms. The molecule has 2 amide bonds. The van der Waals surface area contributed by atoms with Gasteiger partial charge < -0.3 is 15.5 Å². The van der Waals surface area contributed by atoms with Gasteiger partial charge in [-0.2, -0.15) is 0 Å². The summed E-state index contributed by atoms with van der Waals surface area (Å²) in [5, 5.41) is 14.8. The van der Waals surface area contributed by atoms with E-state index in [1.54, 1.807) is 0 Å². The molecule has 152 valence electrons. The minimum Gasteiger partial charge on any atom is -0.355 e. The molecule has 0 radical (unpaired) electrons. The smallest absolute Gasteiger partial charge is 0.294 e. The van der Waals surface area contributed by atoms with E-state index in [1.165, 1.54) is 0 Å². The number of rotatable bonds is 8. The van der Waals surface area contributed by atoms with Gasteiger partial charge in [0.2, 0.25) is 5.91 Å². The second-order valence-corrected chi connectivity index (χ2v) is 8.53. The zero-order valence-electron chi connectivity index (χ0n) is 15.5. The summed E-state index contributed by atoms with van der Waals surface area (Å²) in [5.74, 6) is 0.460. The highest BCUT2D eigenvalue weighted by molar-refractivity contribution is 8.15. The highest BCUT2D eigenvalue weighted by Gasteiger charge is 2.38. The zero-order valence-corrected chi connectivity index (χ0v) is 16.4. The number of amides is 2. The predicted molar refractivity (Wildman–Crippen MR) is 105 cm³/mol. The van der Waals surface area contributed by atoms with Gasteiger partial charge in [-0.15, -0.1) is 10.1 Å². The van der Waals surface area contributed by atoms with E-state index in [0.29, 0.717) is 18.9 Å². The lowest BCUT2D eigenvalue weighted by molar-refractivity contribution is -0.759. The summed E-state index contributed by atoms with van der Waals surface area (Å²) in [5.41, 5.74) is 1.09. The minimum absolute atomic E-state index is 0.108. The van der Waals surface area contributed by atoms with Crippen molar-refractivity contribution in [3.05, 3.63) is 46.0 Å². The predicted octanol–water partition coefficient (Wildman–Crippen LogP) is 2.55. The molecule has 1 aliphatic carbocycles. The molecule has 2 aliphatic rings. The molecule has 8 nitrogen and oxygen atoms in total. The lowest BCUT2D eigenvalue weighted by Gasteiger charge is -2.28. The molecule has 2 fully saturated rings. The largest absolute Gasteiger partial charge is 0.355 e. The SMILES string of the molecule is O=C1NC(Cc2ccccc2)C(C(=O)NCC2CCC(CO[N+](=O)[O-])CC2)S1. The molecule has 2 unspecified atom stereocenters. The first-order chi connectivity index (χ1) is 13.5. The summed E-state index contributed by atoms with van der Waals surface area (Å²) in [6, 6.07) is 9.60. The lowest BCUT2D eigenvalue weighted by Crippen LogP contribution is -2.44. The Hall–Kier alpha value is -2.29. The third kappa shape index (κ3) is 5.85. The highest BCUT2D eigenvalue weighted by atomic mass is 32.2. The number of nitrogens with one attached hydrogen (secondary N) is 2. The Balaban J connectivity index is 1.43. The molecule has 1 aliphatic heterocycles. The van der Waals surface area contributed by atoms with Gasteiger partial charge in [-0.25, -0.2) is 0 Å². The van der Waals surface area contributed by atoms with Gasteiger partial charge >= 0.3 is 0 Å². The van der Waals surface area contributed by atoms with Crippen LogP contribution >= 0.6 is 11.8 Å². The molecule has 0 aromatic heterocycles. The molecule has 9 heteroatoms. The molecule has 3 rings (SSSR count). The molecule has 2 N–H and O–H groups in total. The van der Waals surface area contributed by atoms with Gasteiger partial charge in [-0.05, 0) is 61.3 Å². The van der Waals surface area contributed by atoms with E-state index < -0.39 is 10.3 Å². The summed E-state index contributed by atoms with van der Waals surface area (Å²) >= 11 is 1.05. The van der Waals surface area contributed by atoms with Gasteiger partial charge in [0, 0.05) is 6.54 Å². The Morgan fingerprint density at radius 2 is 1.89 bits per heavy atom. The van der Waals surface area contributed by atoms with Gasteiger partial charge in [-0.3, -0.25) is 9.59 Å². The summed E-state index contributed by atoms with van der Waals surface area (Å²) in [7, 11) is 0. The fourth-order valence-corrected chi connectivity index (χ4v) is 4.80. The Bertz CT molecular complexity index is 694. The van der Waals surface area contributed by atoms with Crippen molar-refractivity contribution in [3.8, 4) is 0 Å². The molecule has 2 atom stereocenters. The van der Waals surface area contributed by atoms with Gasteiger partial charge in [-0.1, -0.05) is 30.3 Å². The van der Waals surface area contributed by atoms with Crippen molar-refractivity contribution >= 4 is 22.9 Å². The standard InChI is InChI=1S/C19H25N3O5S/c23-18(20-11-14-6-8-15(9-7-14)12-27-22(25)26)17-16(21-19(24)28-17)10-13-4-2-1-3-5-13/h1-5,14-17H,6-12H2,(H,20,23)(H,21,24). The van der Waals surface area contributed by atoms with Crippen LogP contribution in [0.1, 0.15) is 31.2 Å². The zero-order chi connectivity index (χ0) is 19.9. The maximum Gasteiger partial charge on any atom is 0.294 e. The third-order valence-corrected chi connectivity index (χ3v) is 6.53. The second-order valence-electron chi connectivity index (χ2n) is 7.42. The third-order valence-electron chi connectivity index (χ3n) is 5.41. The first kappa shape index (κ1) is 20.4. The molecule has 1 saturated heterocycles. The Kier molecular flexibility index (Phi) is 7.13. The second kappa shape index (κ2) is 9.77. The van der Waals surface area contributed by atoms with Crippen LogP contribution in [0.3, 0.4) is 0 Å². The quantitative estimate of drug-likeness (QED) is 0.506. The van der Waals surface area contributed by atoms with E-state index in [1.807, 2.05) is 30.3 Å². The molecular formula is C19H25N3O5S. The maximum atomic E-state index is 12.7. The Morgan fingerprint density at radius 1 is 1.21 bits per heavy atom. The average Bonchev–Trinajstić information content (AvgIpc) is 3.06. The van der Waals surface area contributed by atoms with Crippen LogP contribution in [-0.4, -0.2) is 40.7 Å². The van der Waals surface area contributed by atoms with Gasteiger partial charge in [0.05, 0.1) is 12.6 Å². The van der Waals surface area contributed by atoms with Crippen molar-refractivity contribution in [1.29, 1.82) is 0 Å². The summed E-state index contributed by atoms with van der Waals surface area (Å²) in [4.78, 5) is 39.2. The van der Waals surface area contributed by atoms with Crippen LogP contribution in [0.5, 0.6) is 0 Å². The van der Waals surface area contributed by atoms with E-state index in [4.69, 9.17) is 0 Å². The number of carbonyl (C=O) groups excluding carboxylic acids is 2. The fourth-order valence-electron chi connectivity index (χ4n) is 3.83. The van der Waals surface area contributed by atoms with E-state index in [2.05, 4.69) is 15.5 Å². The summed E-state index contributed by atoms with van der Waals surface area (Å²) in [6.07, 6.45) is 4.18. The first-order valence-corrected chi connectivity index (χ1v) is 10.5. The van der Waals surface area contributed by atoms with Gasteiger partial charge in [0.15, 0.2) is 0 Å². The molecule has 1 aromatic carbocycles. The molecule has 0 bridgehead atoms. The number of hydrogen-bond acceptors (Lipinski definition) is 6. The van der Waals surface area contributed by atoms with E-state index in [0.717, 1.165) is 43.0 Å². The summed E-state index contributed by atoms with van der Waals surface area (Å²) < 4.78 is 0. The van der Waals surface area contributed by atoms with Crippen molar-refractivity contribution in [2.24, 2.45) is 11.8 Å². The normalized spacial score (nSPS) is 27.1. The summed E-state index contributed by atoms with van der Waals surface area (Å²) in [6.45, 7) is 0.727. The topological polar surface area (TPSA) is 111 Å². The van der Waals surface area contributed by atoms with Crippen LogP contribution in [0, 0.1) is 22.0 Å². The average molecular weight is 407 g/mol. The van der Waals surface area contributed by atoms with Crippen molar-refractivity contribution in [2.75, 3.05) is 13.2 Å². The Labute approximate surface area is 167 Å². The minimum atomic E-state index is -0.743. The van der Waals surface area contributed by atoms with Crippen LogP contribution in [0.25, 0.3) is 0 Å². The van der Waals surface area contributed by atoms with Crippen LogP contribution < -0.4 is 10.6 Å². The van der Waals surface area contributed by atoms with Crippen molar-refractivity contribution in [2.45, 2.75) is 43.4 Å². The lowest BCUT2D eigenvalue weighted by atomic mass is 9.82. The fraction of sp³-hybridized carbons (Fsp3) is 0.579. The maximum absolute atomic E-state index is 12.7. The highest BCUT2D eigenvalue weighted by Crippen LogP contribution is 2.29. The van der Waals surface area contributed by atoms with Crippen LogP contribution in [-0.2, 0) is 16.1 Å². The Morgan fingerprint density at radius 3 is 2.57 bits per heavy atom. The molecule has 1 heterocycles. The number of carbonyl (C=O) groups is 2. The van der Waals surface area contributed by atoms with Crippen molar-refractivity contribution in [1.82, 2.24) is 10.6 Å². The number of thioether (sulfide) groups is 1. The van der Waals surface area contributed by atoms with Crippen molar-refractivity contribution < 1.29 is 19.5 Å². The number of hydrogen-bond donors (Lipinski definition) is 2. The van der Waals surface area contributed by atoms with Gasteiger partial charge in [0.1, 0.15) is 5.25 Å². The van der Waals surface area contributed by atoms with Gasteiger partial charge in [0.25, 0.3) is 10.3 Å². The van der Waals surface area contributed by atoms with E-state index >= 15 is 0 Å². The molecule has 1 aromatic rings. The van der Waals surface area contributed by atoms with Crippen LogP contribution in [0.4, 0.5) is 4.79 Å². The molecule has 0 spiro atoms. The van der Waals surface area contributed by atoms with E-state index in [-0.39, 0.29) is 29.7 Å². The number of nitrogens with zero attached hydrogens (tertiary/aromatic N) is 1. The van der Waals surface area contributed by atoms with Crippen LogP contribution in [0.15, 0.2) is 30.3 Å². The van der Waals surface area contributed by atoms with Crippen LogP contribution in [0.2, 0.25) is 0 Å². The molecular weight excluding hydrogens is 382 g/mol. The van der Waals surface area contributed by atoms with E-state index in [9.17, 15) is 19.7 Å².